The van der Waals surface area contributed by atoms with Crippen LogP contribution in [0, 0.1) is 0 Å². The van der Waals surface area contributed by atoms with Gasteiger partial charge in [0.05, 0.1) is 12.7 Å². The Morgan fingerprint density at radius 2 is 2.19 bits per heavy atom. The average molecular weight is 285 g/mol. The van der Waals surface area contributed by atoms with Crippen molar-refractivity contribution >= 4 is 10.8 Å². The van der Waals surface area contributed by atoms with E-state index in [1.54, 1.807) is 0 Å². The van der Waals surface area contributed by atoms with Crippen LogP contribution in [0.5, 0.6) is 5.75 Å². The third-order valence-corrected chi connectivity index (χ3v) is 3.91. The first-order valence-electron chi connectivity index (χ1n) is 7.83. The summed E-state index contributed by atoms with van der Waals surface area (Å²) in [5.74, 6) is 0.976. The minimum atomic E-state index is 0.386. The summed E-state index contributed by atoms with van der Waals surface area (Å²) in [5.41, 5.74) is 1.26. The number of benzene rings is 2. The Balaban J connectivity index is 1.71. The number of hydrogen-bond acceptors (Lipinski definition) is 3. The molecule has 0 unspecified atom stereocenters. The van der Waals surface area contributed by atoms with E-state index >= 15 is 0 Å². The highest BCUT2D eigenvalue weighted by molar-refractivity contribution is 5.89. The number of nitrogens with one attached hydrogen (secondary N) is 1. The maximum atomic E-state index is 5.79. The molecule has 3 heteroatoms. The van der Waals surface area contributed by atoms with Crippen LogP contribution in [0.2, 0.25) is 0 Å². The zero-order valence-corrected chi connectivity index (χ0v) is 12.6. The summed E-state index contributed by atoms with van der Waals surface area (Å²) in [7, 11) is 0. The van der Waals surface area contributed by atoms with E-state index in [9.17, 15) is 0 Å². The lowest BCUT2D eigenvalue weighted by atomic mass is 10.1. The largest absolute Gasteiger partial charge is 0.493 e. The molecule has 3 nitrogen and oxygen atoms in total. The van der Waals surface area contributed by atoms with Crippen molar-refractivity contribution in [3.63, 3.8) is 0 Å². The van der Waals surface area contributed by atoms with E-state index in [1.165, 1.54) is 29.2 Å². The second kappa shape index (κ2) is 6.92. The van der Waals surface area contributed by atoms with Gasteiger partial charge < -0.3 is 14.8 Å². The highest BCUT2D eigenvalue weighted by Gasteiger charge is 2.14. The Hall–Kier alpha value is -1.58. The lowest BCUT2D eigenvalue weighted by molar-refractivity contribution is 0.110. The summed E-state index contributed by atoms with van der Waals surface area (Å²) in [4.78, 5) is 0. The van der Waals surface area contributed by atoms with E-state index < -0.39 is 0 Å². The van der Waals surface area contributed by atoms with Crippen LogP contribution in [-0.4, -0.2) is 25.9 Å². The lowest BCUT2D eigenvalue weighted by Gasteiger charge is -2.13. The van der Waals surface area contributed by atoms with Crippen LogP contribution in [0.1, 0.15) is 25.3 Å². The first-order chi connectivity index (χ1) is 10.4. The van der Waals surface area contributed by atoms with Crippen molar-refractivity contribution in [3.8, 4) is 5.75 Å². The molecule has 1 atom stereocenters. The van der Waals surface area contributed by atoms with Crippen LogP contribution in [0.3, 0.4) is 0 Å². The van der Waals surface area contributed by atoms with Gasteiger partial charge in [0.15, 0.2) is 0 Å². The molecule has 21 heavy (non-hydrogen) atoms. The predicted molar refractivity (Wildman–Crippen MR) is 85.8 cm³/mol. The Bertz CT molecular complexity index is 591. The van der Waals surface area contributed by atoms with Crippen LogP contribution in [0.25, 0.3) is 10.8 Å². The molecular weight excluding hydrogens is 262 g/mol. The lowest BCUT2D eigenvalue weighted by Crippen LogP contribution is -2.25. The predicted octanol–water partition coefficient (Wildman–Crippen LogP) is 3.51. The van der Waals surface area contributed by atoms with Gasteiger partial charge in [-0.25, -0.2) is 0 Å². The number of rotatable bonds is 6. The summed E-state index contributed by atoms with van der Waals surface area (Å²) < 4.78 is 11.4. The Morgan fingerprint density at radius 3 is 3.00 bits per heavy atom. The average Bonchev–Trinajstić information content (AvgIpc) is 3.01. The van der Waals surface area contributed by atoms with Crippen LogP contribution >= 0.6 is 0 Å². The molecular formula is C18H23NO2. The molecule has 0 radical (unpaired) electrons. The summed E-state index contributed by atoms with van der Waals surface area (Å²) in [5, 5.41) is 5.91. The van der Waals surface area contributed by atoms with Crippen molar-refractivity contribution in [1.82, 2.24) is 5.32 Å². The maximum Gasteiger partial charge on any atom is 0.127 e. The van der Waals surface area contributed by atoms with Crippen molar-refractivity contribution in [3.05, 3.63) is 42.0 Å². The summed E-state index contributed by atoms with van der Waals surface area (Å²) >= 11 is 0. The van der Waals surface area contributed by atoms with Gasteiger partial charge in [-0.05, 0) is 42.8 Å². The van der Waals surface area contributed by atoms with Crippen molar-refractivity contribution < 1.29 is 9.47 Å². The van der Waals surface area contributed by atoms with Crippen LogP contribution < -0.4 is 10.1 Å². The van der Waals surface area contributed by atoms with E-state index in [4.69, 9.17) is 9.47 Å². The summed E-state index contributed by atoms with van der Waals surface area (Å²) in [6.45, 7) is 5.41. The molecule has 0 bridgehead atoms. The van der Waals surface area contributed by atoms with Crippen molar-refractivity contribution in [2.24, 2.45) is 0 Å². The van der Waals surface area contributed by atoms with Crippen molar-refractivity contribution in [2.75, 3.05) is 19.8 Å². The zero-order chi connectivity index (χ0) is 14.5. The third-order valence-electron chi connectivity index (χ3n) is 3.91. The molecule has 1 aliphatic rings. The zero-order valence-electron chi connectivity index (χ0n) is 12.6. The second-order valence-corrected chi connectivity index (χ2v) is 5.51. The molecule has 0 aliphatic carbocycles. The first kappa shape index (κ1) is 14.4. The van der Waals surface area contributed by atoms with Gasteiger partial charge in [-0.3, -0.25) is 0 Å². The smallest absolute Gasteiger partial charge is 0.127 e. The van der Waals surface area contributed by atoms with Crippen LogP contribution in [-0.2, 0) is 11.3 Å². The first-order valence-corrected chi connectivity index (χ1v) is 7.83. The fourth-order valence-corrected chi connectivity index (χ4v) is 2.89. The molecule has 0 saturated carbocycles. The highest BCUT2D eigenvalue weighted by atomic mass is 16.5. The Labute approximate surface area is 126 Å². The highest BCUT2D eigenvalue weighted by Crippen LogP contribution is 2.27. The molecule has 112 valence electrons. The number of ether oxygens (including phenoxy) is 2. The van der Waals surface area contributed by atoms with E-state index in [1.807, 2.05) is 6.92 Å². The van der Waals surface area contributed by atoms with Crippen LogP contribution in [0.15, 0.2) is 36.4 Å². The molecule has 1 fully saturated rings. The van der Waals surface area contributed by atoms with Gasteiger partial charge in [0.1, 0.15) is 5.75 Å². The number of hydrogen-bond donors (Lipinski definition) is 1. The quantitative estimate of drug-likeness (QED) is 0.881. The number of fused-ring (bicyclic) bond motifs is 1. The van der Waals surface area contributed by atoms with Gasteiger partial charge in [0.25, 0.3) is 0 Å². The molecule has 2 aromatic carbocycles. The minimum absolute atomic E-state index is 0.386. The van der Waals surface area contributed by atoms with E-state index in [2.05, 4.69) is 41.7 Å². The van der Waals surface area contributed by atoms with Gasteiger partial charge in [0, 0.05) is 25.1 Å². The summed E-state index contributed by atoms with van der Waals surface area (Å²) in [6.07, 6.45) is 2.75. The maximum absolute atomic E-state index is 5.79. The molecule has 0 aromatic heterocycles. The van der Waals surface area contributed by atoms with Gasteiger partial charge in [-0.2, -0.15) is 0 Å². The topological polar surface area (TPSA) is 30.5 Å². The van der Waals surface area contributed by atoms with Crippen LogP contribution in [0.4, 0.5) is 0 Å². The molecule has 1 heterocycles. The fourth-order valence-electron chi connectivity index (χ4n) is 2.89. The molecule has 1 N–H and O–H groups in total. The third kappa shape index (κ3) is 3.55. The van der Waals surface area contributed by atoms with E-state index in [0.717, 1.165) is 25.4 Å². The Morgan fingerprint density at radius 1 is 1.29 bits per heavy atom. The molecule has 1 aliphatic heterocycles. The summed E-state index contributed by atoms with van der Waals surface area (Å²) in [6, 6.07) is 12.8. The molecule has 3 rings (SSSR count). The standard InChI is InChI=1S/C18H23NO2/c1-2-20-18-11-14(10-15-6-3-4-8-17(15)18)12-19-13-16-7-5-9-21-16/h3-4,6,8,10-11,16,19H,2,5,7,9,12-13H2,1H3/t16-/m0/s1. The molecule has 1 saturated heterocycles. The van der Waals surface area contributed by atoms with Gasteiger partial charge in [-0.15, -0.1) is 0 Å². The van der Waals surface area contributed by atoms with Crippen molar-refractivity contribution in [2.45, 2.75) is 32.4 Å². The second-order valence-electron chi connectivity index (χ2n) is 5.51. The van der Waals surface area contributed by atoms with E-state index in [0.29, 0.717) is 12.7 Å². The molecule has 0 spiro atoms. The normalized spacial score (nSPS) is 18.2. The van der Waals surface area contributed by atoms with Gasteiger partial charge >= 0.3 is 0 Å². The Kier molecular flexibility index (Phi) is 4.73. The van der Waals surface area contributed by atoms with Gasteiger partial charge in [0.2, 0.25) is 0 Å². The van der Waals surface area contributed by atoms with Gasteiger partial charge in [-0.1, -0.05) is 24.3 Å². The molecule has 0 amide bonds. The fraction of sp³-hybridized carbons (Fsp3) is 0.444. The monoisotopic (exact) mass is 285 g/mol. The van der Waals surface area contributed by atoms with E-state index in [-0.39, 0.29) is 0 Å². The SMILES string of the molecule is CCOc1cc(CNC[C@@H]2CCCO2)cc2ccccc12. The molecule has 2 aromatic rings. The van der Waals surface area contributed by atoms with Crippen molar-refractivity contribution in [1.29, 1.82) is 0 Å². The minimum Gasteiger partial charge on any atom is -0.493 e.